The van der Waals surface area contributed by atoms with E-state index >= 15 is 0 Å². The number of amides is 1. The van der Waals surface area contributed by atoms with Gasteiger partial charge in [0, 0.05) is 27.2 Å². The molecule has 0 radical (unpaired) electrons. The molecule has 33 heavy (non-hydrogen) atoms. The molecule has 1 N–H and O–H groups in total. The minimum Gasteiger partial charge on any atom is -0.378 e. The van der Waals surface area contributed by atoms with Gasteiger partial charge < -0.3 is 4.18 Å². The molecule has 0 saturated carbocycles. The number of nitrogens with one attached hydrogen (secondary N) is 1. The van der Waals surface area contributed by atoms with Gasteiger partial charge in [0.15, 0.2) is 5.75 Å². The van der Waals surface area contributed by atoms with Gasteiger partial charge in [-0.2, -0.15) is 13.5 Å². The lowest BCUT2D eigenvalue weighted by molar-refractivity contribution is -0.385. The predicted octanol–water partition coefficient (Wildman–Crippen LogP) is 5.20. The summed E-state index contributed by atoms with van der Waals surface area (Å²) in [5.74, 6) is -0.734. The van der Waals surface area contributed by atoms with Crippen LogP contribution in [0.4, 0.5) is 5.69 Å². The second kappa shape index (κ2) is 10.3. The van der Waals surface area contributed by atoms with Gasteiger partial charge in [-0.15, -0.1) is 0 Å². The van der Waals surface area contributed by atoms with Crippen molar-refractivity contribution in [2.24, 2.45) is 5.10 Å². The molecule has 0 atom stereocenters. The predicted molar refractivity (Wildman–Crippen MR) is 127 cm³/mol. The Kier molecular flexibility index (Phi) is 7.69. The van der Waals surface area contributed by atoms with E-state index < -0.39 is 31.5 Å². The monoisotopic (exact) mass is 571 g/mol. The van der Waals surface area contributed by atoms with Crippen molar-refractivity contribution in [3.05, 3.63) is 96.4 Å². The molecule has 0 aromatic heterocycles. The van der Waals surface area contributed by atoms with Crippen molar-refractivity contribution in [2.45, 2.75) is 4.90 Å². The SMILES string of the molecule is O=C(N/N=C\c1cc(Br)ccc1OS(=O)(=O)c1cccc([N+](=O)[O-])c1)c1ccc(Cl)cc1Cl. The zero-order valence-corrected chi connectivity index (χ0v) is 20.2. The molecule has 0 aliphatic rings. The first-order valence-corrected chi connectivity index (χ1v) is 11.8. The van der Waals surface area contributed by atoms with Crippen molar-refractivity contribution < 1.29 is 22.3 Å². The molecule has 1 amide bonds. The van der Waals surface area contributed by atoms with Crippen LogP contribution in [0.1, 0.15) is 15.9 Å². The third kappa shape index (κ3) is 6.29. The van der Waals surface area contributed by atoms with Crippen LogP contribution in [0.3, 0.4) is 0 Å². The molecule has 0 unspecified atom stereocenters. The molecule has 0 aliphatic heterocycles. The number of hydrogen-bond acceptors (Lipinski definition) is 7. The van der Waals surface area contributed by atoms with E-state index in [1.807, 2.05) is 0 Å². The molecular weight excluding hydrogens is 561 g/mol. The summed E-state index contributed by atoms with van der Waals surface area (Å²) in [5.41, 5.74) is 2.21. The number of rotatable bonds is 7. The zero-order chi connectivity index (χ0) is 24.2. The van der Waals surface area contributed by atoms with Gasteiger partial charge in [-0.3, -0.25) is 14.9 Å². The number of nitro benzene ring substituents is 1. The Hall–Kier alpha value is -2.99. The molecule has 13 heteroatoms. The summed E-state index contributed by atoms with van der Waals surface area (Å²) in [6.07, 6.45) is 1.17. The van der Waals surface area contributed by atoms with Crippen LogP contribution >= 0.6 is 39.1 Å². The summed E-state index contributed by atoms with van der Waals surface area (Å²) in [6, 6.07) is 13.2. The summed E-state index contributed by atoms with van der Waals surface area (Å²) < 4.78 is 31.1. The third-order valence-electron chi connectivity index (χ3n) is 4.03. The van der Waals surface area contributed by atoms with Crippen LogP contribution in [0.25, 0.3) is 0 Å². The van der Waals surface area contributed by atoms with Gasteiger partial charge >= 0.3 is 10.1 Å². The fraction of sp³-hybridized carbons (Fsp3) is 0. The largest absolute Gasteiger partial charge is 0.378 e. The topological polar surface area (TPSA) is 128 Å². The Morgan fingerprint density at radius 3 is 2.58 bits per heavy atom. The second-order valence-electron chi connectivity index (χ2n) is 6.30. The summed E-state index contributed by atoms with van der Waals surface area (Å²) in [4.78, 5) is 22.1. The number of carbonyl (C=O) groups is 1. The molecule has 3 rings (SSSR count). The summed E-state index contributed by atoms with van der Waals surface area (Å²) in [6.45, 7) is 0. The second-order valence-corrected chi connectivity index (χ2v) is 9.60. The number of carbonyl (C=O) groups excluding carboxylic acids is 1. The summed E-state index contributed by atoms with van der Waals surface area (Å²) in [5, 5.41) is 15.3. The number of hydrogen-bond donors (Lipinski definition) is 1. The van der Waals surface area contributed by atoms with Crippen molar-refractivity contribution in [3.63, 3.8) is 0 Å². The molecule has 0 saturated heterocycles. The van der Waals surface area contributed by atoms with Crippen molar-refractivity contribution >= 4 is 67.1 Å². The van der Waals surface area contributed by atoms with Crippen LogP contribution in [0.15, 0.2) is 75.1 Å². The molecule has 9 nitrogen and oxygen atoms in total. The fourth-order valence-corrected chi connectivity index (χ4v) is 4.38. The van der Waals surface area contributed by atoms with Crippen molar-refractivity contribution in [1.29, 1.82) is 0 Å². The van der Waals surface area contributed by atoms with E-state index in [2.05, 4.69) is 26.5 Å². The molecule has 0 aliphatic carbocycles. The maximum Gasteiger partial charge on any atom is 0.339 e. The van der Waals surface area contributed by atoms with Crippen LogP contribution in [0, 0.1) is 10.1 Å². The van der Waals surface area contributed by atoms with Gasteiger partial charge in [0.05, 0.1) is 21.7 Å². The third-order valence-corrected chi connectivity index (χ3v) is 6.31. The van der Waals surface area contributed by atoms with Crippen LogP contribution in [0.2, 0.25) is 10.0 Å². The Balaban J connectivity index is 1.84. The van der Waals surface area contributed by atoms with Crippen LogP contribution < -0.4 is 9.61 Å². The summed E-state index contributed by atoms with van der Waals surface area (Å²) in [7, 11) is -4.40. The van der Waals surface area contributed by atoms with E-state index in [0.717, 1.165) is 12.1 Å². The fourth-order valence-electron chi connectivity index (χ4n) is 2.51. The number of nitro groups is 1. The van der Waals surface area contributed by atoms with Gasteiger partial charge in [0.1, 0.15) is 4.90 Å². The molecule has 0 fully saturated rings. The molecule has 0 spiro atoms. The highest BCUT2D eigenvalue weighted by Crippen LogP contribution is 2.27. The maximum absolute atomic E-state index is 12.6. The standard InChI is InChI=1S/C20H12BrCl2N3O6S/c21-13-4-7-19(32-33(30,31)16-3-1-2-15(10-16)26(28)29)12(8-13)11-24-25-20(27)17-6-5-14(22)9-18(17)23/h1-11H,(H,25,27)/b24-11-. The van der Waals surface area contributed by atoms with E-state index in [0.29, 0.717) is 9.50 Å². The average Bonchev–Trinajstić information content (AvgIpc) is 2.75. The highest BCUT2D eigenvalue weighted by atomic mass is 79.9. The molecule has 3 aromatic rings. The van der Waals surface area contributed by atoms with E-state index in [1.54, 1.807) is 0 Å². The quantitative estimate of drug-likeness (QED) is 0.179. The number of benzene rings is 3. The smallest absolute Gasteiger partial charge is 0.339 e. The minimum absolute atomic E-state index is 0.118. The van der Waals surface area contributed by atoms with E-state index in [4.69, 9.17) is 27.4 Å². The Bertz CT molecular complexity index is 1380. The molecular formula is C20H12BrCl2N3O6S. The Labute approximate surface area is 206 Å². The van der Waals surface area contributed by atoms with Gasteiger partial charge in [0.2, 0.25) is 0 Å². The van der Waals surface area contributed by atoms with Crippen molar-refractivity contribution in [1.82, 2.24) is 5.43 Å². The lowest BCUT2D eigenvalue weighted by Gasteiger charge is -2.10. The zero-order valence-electron chi connectivity index (χ0n) is 16.2. The van der Waals surface area contributed by atoms with Crippen LogP contribution in [-0.2, 0) is 10.1 Å². The maximum atomic E-state index is 12.6. The first-order chi connectivity index (χ1) is 15.6. The number of non-ortho nitro benzene ring substituents is 1. The van der Waals surface area contributed by atoms with Crippen LogP contribution in [-0.4, -0.2) is 25.5 Å². The average molecular weight is 573 g/mol. The summed E-state index contributed by atoms with van der Waals surface area (Å²) >= 11 is 15.1. The molecule has 0 bridgehead atoms. The highest BCUT2D eigenvalue weighted by Gasteiger charge is 2.21. The first kappa shape index (κ1) is 24.6. The van der Waals surface area contributed by atoms with E-state index in [1.165, 1.54) is 54.7 Å². The van der Waals surface area contributed by atoms with Gasteiger partial charge in [-0.05, 0) is 42.5 Å². The van der Waals surface area contributed by atoms with Gasteiger partial charge in [-0.1, -0.05) is 45.2 Å². The van der Waals surface area contributed by atoms with Crippen molar-refractivity contribution in [3.8, 4) is 5.75 Å². The van der Waals surface area contributed by atoms with Crippen molar-refractivity contribution in [2.75, 3.05) is 0 Å². The van der Waals surface area contributed by atoms with Crippen LogP contribution in [0.5, 0.6) is 5.75 Å². The number of hydrazone groups is 1. The van der Waals surface area contributed by atoms with Gasteiger partial charge in [-0.25, -0.2) is 5.43 Å². The number of halogens is 3. The molecule has 170 valence electrons. The minimum atomic E-state index is -4.40. The first-order valence-electron chi connectivity index (χ1n) is 8.84. The Morgan fingerprint density at radius 2 is 1.88 bits per heavy atom. The lowest BCUT2D eigenvalue weighted by Crippen LogP contribution is -2.18. The molecule has 0 heterocycles. The normalized spacial score (nSPS) is 11.4. The lowest BCUT2D eigenvalue weighted by atomic mass is 10.2. The van der Waals surface area contributed by atoms with E-state index in [9.17, 15) is 23.3 Å². The Morgan fingerprint density at radius 1 is 1.12 bits per heavy atom. The number of nitrogens with zero attached hydrogens (tertiary/aromatic N) is 2. The molecule has 3 aromatic carbocycles. The van der Waals surface area contributed by atoms with E-state index in [-0.39, 0.29) is 21.9 Å². The van der Waals surface area contributed by atoms with Gasteiger partial charge in [0.25, 0.3) is 11.6 Å². The highest BCUT2D eigenvalue weighted by molar-refractivity contribution is 9.10.